The number of benzene rings is 3. The number of nitrogens with zero attached hydrogens (tertiary/aromatic N) is 1. The number of hydrogen-bond acceptors (Lipinski definition) is 2. The maximum absolute atomic E-state index is 6.58. The van der Waals surface area contributed by atoms with Gasteiger partial charge >= 0.3 is 0 Å². The molecule has 3 heterocycles. The summed E-state index contributed by atoms with van der Waals surface area (Å²) in [6.07, 6.45) is 2.10. The number of hydrogen-bond donors (Lipinski definition) is 0. The van der Waals surface area contributed by atoms with E-state index in [1.165, 1.54) is 16.7 Å². The first-order valence-corrected chi connectivity index (χ1v) is 10.3. The van der Waals surface area contributed by atoms with Crippen molar-refractivity contribution in [1.82, 2.24) is 0 Å². The van der Waals surface area contributed by atoms with Crippen molar-refractivity contribution < 1.29 is 13.4 Å². The summed E-state index contributed by atoms with van der Waals surface area (Å²) in [5, 5.41) is 4.43. The predicted molar refractivity (Wildman–Crippen MR) is 122 cm³/mol. The van der Waals surface area contributed by atoms with Gasteiger partial charge in [-0.2, -0.15) is 0 Å². The number of pyridine rings is 1. The maximum atomic E-state index is 6.58. The molecule has 0 unspecified atom stereocenters. The Bertz CT molecular complexity index is 1630. The Morgan fingerprint density at radius 2 is 1.30 bits per heavy atom. The smallest absolute Gasteiger partial charge is 0.216 e. The summed E-state index contributed by atoms with van der Waals surface area (Å²) >= 11 is 0. The third kappa shape index (κ3) is 2.29. The van der Waals surface area contributed by atoms with Crippen LogP contribution in [0.25, 0.3) is 55.1 Å². The Balaban J connectivity index is 1.77. The lowest BCUT2D eigenvalue weighted by Crippen LogP contribution is -2.30. The predicted octanol–water partition coefficient (Wildman–Crippen LogP) is 6.90. The summed E-state index contributed by atoms with van der Waals surface area (Å²) in [7, 11) is 2.08. The number of aromatic nitrogens is 1. The summed E-state index contributed by atoms with van der Waals surface area (Å²) in [5.41, 5.74) is 9.37. The van der Waals surface area contributed by atoms with Crippen LogP contribution in [-0.4, -0.2) is 0 Å². The van der Waals surface area contributed by atoms with E-state index in [-0.39, 0.29) is 0 Å². The number of fused-ring (bicyclic) bond motifs is 7. The van der Waals surface area contributed by atoms with Crippen LogP contribution in [0, 0.1) is 20.8 Å². The molecule has 30 heavy (non-hydrogen) atoms. The van der Waals surface area contributed by atoms with Gasteiger partial charge in [0.25, 0.3) is 0 Å². The van der Waals surface area contributed by atoms with Crippen molar-refractivity contribution in [2.45, 2.75) is 20.8 Å². The Hall–Kier alpha value is -3.59. The minimum Gasteiger partial charge on any atom is -0.452 e. The van der Waals surface area contributed by atoms with Crippen molar-refractivity contribution in [2.75, 3.05) is 0 Å². The monoisotopic (exact) mass is 392 g/mol. The van der Waals surface area contributed by atoms with Gasteiger partial charge in [-0.05, 0) is 56.2 Å². The zero-order valence-electron chi connectivity index (χ0n) is 17.5. The molecule has 0 aliphatic rings. The van der Waals surface area contributed by atoms with E-state index < -0.39 is 0 Å². The Morgan fingerprint density at radius 3 is 2.13 bits per heavy atom. The van der Waals surface area contributed by atoms with Gasteiger partial charge in [-0.25, -0.2) is 4.57 Å². The maximum Gasteiger partial charge on any atom is 0.216 e. The van der Waals surface area contributed by atoms with Crippen molar-refractivity contribution in [1.29, 1.82) is 0 Å². The van der Waals surface area contributed by atoms with E-state index in [2.05, 4.69) is 87.1 Å². The van der Waals surface area contributed by atoms with Gasteiger partial charge in [0.2, 0.25) is 5.69 Å². The van der Waals surface area contributed by atoms with Crippen LogP contribution in [0.15, 0.2) is 69.6 Å². The average Bonchev–Trinajstić information content (AvgIpc) is 3.28. The van der Waals surface area contributed by atoms with Gasteiger partial charge in [0.15, 0.2) is 17.4 Å². The van der Waals surface area contributed by atoms with Crippen molar-refractivity contribution >= 4 is 43.9 Å². The molecule has 0 atom stereocenters. The molecule has 0 saturated carbocycles. The van der Waals surface area contributed by atoms with Gasteiger partial charge in [0, 0.05) is 33.7 Å². The molecule has 0 amide bonds. The lowest BCUT2D eigenvalue weighted by molar-refractivity contribution is -0.660. The van der Waals surface area contributed by atoms with E-state index in [1.807, 2.05) is 6.07 Å². The number of aryl methyl sites for hydroxylation is 4. The molecule has 146 valence electrons. The van der Waals surface area contributed by atoms with Crippen LogP contribution in [0.3, 0.4) is 0 Å². The quantitative estimate of drug-likeness (QED) is 0.285. The molecule has 0 N–H and O–H groups in total. The first-order valence-electron chi connectivity index (χ1n) is 10.3. The van der Waals surface area contributed by atoms with Crippen LogP contribution in [0.1, 0.15) is 16.7 Å². The summed E-state index contributed by atoms with van der Waals surface area (Å²) in [6, 6.07) is 19.3. The molecule has 3 aromatic heterocycles. The van der Waals surface area contributed by atoms with Crippen LogP contribution in [0.5, 0.6) is 0 Å². The van der Waals surface area contributed by atoms with E-state index in [1.54, 1.807) is 0 Å². The second-order valence-corrected chi connectivity index (χ2v) is 8.36. The van der Waals surface area contributed by atoms with Crippen molar-refractivity contribution in [3.05, 3.63) is 77.5 Å². The molecule has 0 radical (unpaired) electrons. The molecular formula is C27H22NO2+. The summed E-state index contributed by atoms with van der Waals surface area (Å²) in [5.74, 6) is 0. The number of furan rings is 2. The Labute approximate surface area is 174 Å². The topological polar surface area (TPSA) is 30.2 Å². The molecule has 3 nitrogen and oxygen atoms in total. The van der Waals surface area contributed by atoms with Crippen molar-refractivity contribution in [3.63, 3.8) is 0 Å². The molecule has 3 heteroatoms. The third-order valence-electron chi connectivity index (χ3n) is 6.17. The van der Waals surface area contributed by atoms with E-state index in [0.717, 1.165) is 55.1 Å². The summed E-state index contributed by atoms with van der Waals surface area (Å²) < 4.78 is 15.0. The zero-order chi connectivity index (χ0) is 20.6. The van der Waals surface area contributed by atoms with E-state index in [9.17, 15) is 0 Å². The van der Waals surface area contributed by atoms with E-state index in [0.29, 0.717) is 0 Å². The standard InChI is InChI=1S/C27H22NO2/c1-15-5-10-23-21(13-15)20-9-8-19-18-7-6-17(3)24(22-14-16(2)11-12-28(22)4)25(18)30-27(19)26(20)29-23/h5-14H,1-4H3/q+1. The number of rotatable bonds is 1. The van der Waals surface area contributed by atoms with Crippen LogP contribution in [0.2, 0.25) is 0 Å². The highest BCUT2D eigenvalue weighted by atomic mass is 16.4. The fourth-order valence-electron chi connectivity index (χ4n) is 4.59. The zero-order valence-corrected chi connectivity index (χ0v) is 17.5. The van der Waals surface area contributed by atoms with Crippen molar-refractivity contribution in [3.8, 4) is 11.3 Å². The molecule has 6 aromatic rings. The van der Waals surface area contributed by atoms with Crippen LogP contribution >= 0.6 is 0 Å². The highest BCUT2D eigenvalue weighted by molar-refractivity contribution is 6.20. The van der Waals surface area contributed by atoms with Gasteiger partial charge in [-0.15, -0.1) is 0 Å². The molecular weight excluding hydrogens is 370 g/mol. The van der Waals surface area contributed by atoms with E-state index >= 15 is 0 Å². The third-order valence-corrected chi connectivity index (χ3v) is 6.17. The highest BCUT2D eigenvalue weighted by Crippen LogP contribution is 2.42. The fourth-order valence-corrected chi connectivity index (χ4v) is 4.59. The molecule has 6 rings (SSSR count). The Kier molecular flexibility index (Phi) is 3.43. The normalized spacial score (nSPS) is 12.0. The molecule has 0 fully saturated rings. The van der Waals surface area contributed by atoms with Crippen LogP contribution in [-0.2, 0) is 7.05 Å². The summed E-state index contributed by atoms with van der Waals surface area (Å²) in [6.45, 7) is 6.37. The SMILES string of the molecule is Cc1cc[n+](C)c(-c2c(C)ccc3c2oc2c3ccc3c4cc(C)ccc4oc32)c1. The minimum atomic E-state index is 0.818. The average molecular weight is 392 g/mol. The van der Waals surface area contributed by atoms with Gasteiger partial charge in [-0.1, -0.05) is 23.8 Å². The van der Waals surface area contributed by atoms with Gasteiger partial charge < -0.3 is 8.83 Å². The second-order valence-electron chi connectivity index (χ2n) is 8.36. The molecule has 0 aliphatic carbocycles. The van der Waals surface area contributed by atoms with Gasteiger partial charge in [-0.3, -0.25) is 0 Å². The molecule has 0 saturated heterocycles. The van der Waals surface area contributed by atoms with Gasteiger partial charge in [0.1, 0.15) is 18.2 Å². The van der Waals surface area contributed by atoms with Crippen LogP contribution in [0.4, 0.5) is 0 Å². The van der Waals surface area contributed by atoms with Crippen LogP contribution < -0.4 is 4.57 Å². The first-order chi connectivity index (χ1) is 14.5. The first kappa shape index (κ1) is 17.3. The van der Waals surface area contributed by atoms with Gasteiger partial charge in [0.05, 0.1) is 5.56 Å². The largest absolute Gasteiger partial charge is 0.452 e. The summed E-state index contributed by atoms with van der Waals surface area (Å²) in [4.78, 5) is 0. The molecule has 0 aliphatic heterocycles. The fraction of sp³-hybridized carbons (Fsp3) is 0.148. The Morgan fingerprint density at radius 1 is 0.633 bits per heavy atom. The molecule has 0 bridgehead atoms. The second kappa shape index (κ2) is 5.96. The highest BCUT2D eigenvalue weighted by Gasteiger charge is 2.22. The minimum absolute atomic E-state index is 0.818. The van der Waals surface area contributed by atoms with E-state index in [4.69, 9.17) is 8.83 Å². The molecule has 0 spiro atoms. The molecule has 3 aromatic carbocycles. The van der Waals surface area contributed by atoms with Crippen molar-refractivity contribution in [2.24, 2.45) is 7.05 Å². The lowest BCUT2D eigenvalue weighted by atomic mass is 9.99. The lowest BCUT2D eigenvalue weighted by Gasteiger charge is -2.06.